The van der Waals surface area contributed by atoms with Crippen LogP contribution in [-0.4, -0.2) is 0 Å². The largest absolute Gasteiger partial charge is 0.456 e. The second kappa shape index (κ2) is 12.9. The summed E-state index contributed by atoms with van der Waals surface area (Å²) in [4.78, 5) is 2.38. The van der Waals surface area contributed by atoms with Crippen molar-refractivity contribution in [2.24, 2.45) is 0 Å². The van der Waals surface area contributed by atoms with Gasteiger partial charge in [0.25, 0.3) is 0 Å². The number of nitrogens with zero attached hydrogens (tertiary/aromatic N) is 1. The zero-order valence-corrected chi connectivity index (χ0v) is 31.2. The molecule has 0 atom stereocenters. The zero-order valence-electron chi connectivity index (χ0n) is 31.2. The van der Waals surface area contributed by atoms with Gasteiger partial charge in [-0.05, 0) is 94.5 Å². The van der Waals surface area contributed by atoms with Gasteiger partial charge in [-0.25, -0.2) is 0 Å². The van der Waals surface area contributed by atoms with Crippen molar-refractivity contribution in [3.05, 3.63) is 200 Å². The number of rotatable bonds is 6. The van der Waals surface area contributed by atoms with Gasteiger partial charge in [-0.15, -0.1) is 0 Å². The van der Waals surface area contributed by atoms with Crippen LogP contribution in [0, 0.1) is 0 Å². The van der Waals surface area contributed by atoms with Crippen molar-refractivity contribution in [1.82, 2.24) is 0 Å². The summed E-state index contributed by atoms with van der Waals surface area (Å²) < 4.78 is 20.1. The van der Waals surface area contributed by atoms with Gasteiger partial charge in [0.2, 0.25) is 0 Å². The second-order valence-electron chi connectivity index (χ2n) is 14.8. The molecule has 0 unspecified atom stereocenters. The lowest BCUT2D eigenvalue weighted by atomic mass is 9.94. The van der Waals surface area contributed by atoms with Crippen molar-refractivity contribution in [2.75, 3.05) is 4.90 Å². The molecule has 0 aliphatic heterocycles. The summed E-state index contributed by atoms with van der Waals surface area (Å²) in [7, 11) is 0. The predicted octanol–water partition coefficient (Wildman–Crippen LogP) is 15.9. The molecule has 0 bridgehead atoms. The van der Waals surface area contributed by atoms with Crippen LogP contribution >= 0.6 is 0 Å². The number of fused-ring (bicyclic) bond motifs is 9. The van der Waals surface area contributed by atoms with E-state index in [4.69, 9.17) is 13.3 Å². The monoisotopic (exact) mass is 743 g/mol. The first-order chi connectivity index (χ1) is 28.8. The summed E-state index contributed by atoms with van der Waals surface area (Å²) >= 11 is 0. The Bertz CT molecular complexity index is 3500. The summed E-state index contributed by atoms with van der Waals surface area (Å²) in [6.45, 7) is 0. The minimum atomic E-state index is 0.825. The molecule has 3 aromatic heterocycles. The van der Waals surface area contributed by atoms with Crippen molar-refractivity contribution in [3.63, 3.8) is 0 Å². The van der Waals surface area contributed by atoms with Gasteiger partial charge in [0.05, 0.1) is 22.1 Å². The fourth-order valence-corrected chi connectivity index (χ4v) is 8.87. The van der Waals surface area contributed by atoms with Crippen LogP contribution < -0.4 is 4.90 Å². The van der Waals surface area contributed by atoms with Gasteiger partial charge < -0.3 is 18.2 Å². The smallest absolute Gasteiger partial charge is 0.145 e. The molecule has 272 valence electrons. The van der Waals surface area contributed by atoms with E-state index in [0.717, 1.165) is 116 Å². The van der Waals surface area contributed by atoms with E-state index in [-0.39, 0.29) is 0 Å². The molecule has 12 rings (SSSR count). The molecule has 0 aliphatic rings. The number of hydrogen-bond donors (Lipinski definition) is 0. The van der Waals surface area contributed by atoms with E-state index in [1.807, 2.05) is 24.3 Å². The van der Waals surface area contributed by atoms with E-state index in [1.165, 1.54) is 0 Å². The Labute approximate surface area is 333 Å². The first kappa shape index (κ1) is 32.4. The van der Waals surface area contributed by atoms with E-state index in [9.17, 15) is 0 Å². The van der Waals surface area contributed by atoms with E-state index in [2.05, 4.69) is 181 Å². The van der Waals surface area contributed by atoms with Crippen LogP contribution in [0.15, 0.2) is 213 Å². The van der Waals surface area contributed by atoms with E-state index in [1.54, 1.807) is 0 Å². The molecule has 0 saturated heterocycles. The summed E-state index contributed by atoms with van der Waals surface area (Å²) in [6, 6.07) is 70.1. The number of para-hydroxylation sites is 2. The molecule has 12 aromatic rings. The Hall–Kier alpha value is -7.82. The predicted molar refractivity (Wildman–Crippen MR) is 239 cm³/mol. The number of furan rings is 3. The molecular weight excluding hydrogens is 711 g/mol. The zero-order chi connectivity index (χ0) is 38.2. The average Bonchev–Trinajstić information content (AvgIpc) is 3.99. The third-order valence-corrected chi connectivity index (χ3v) is 11.5. The van der Waals surface area contributed by atoms with E-state index < -0.39 is 0 Å². The lowest BCUT2D eigenvalue weighted by Gasteiger charge is -2.27. The number of benzene rings is 9. The van der Waals surface area contributed by atoms with Crippen molar-refractivity contribution in [3.8, 4) is 33.4 Å². The SMILES string of the molecule is c1ccc(-c2cc(-c3ccccc3)c3c(c2)oc2ccc(N(c4cccc5oc6ccccc6c45)c4ccc(-c5ccccc5)c5oc6ccccc6c45)cc23)cc1. The standard InChI is InChI=1S/C54H33NO3/c1-4-15-34(16-5-1)37-31-42(36-19-8-3-9-20-36)51-43-33-38(27-30-48(43)57-50(51)32-37)55(44-23-14-26-49-52(44)40-21-10-12-24-46(40)56-49)45-29-28-39(35-17-6-2-7-18-35)54-53(45)41-22-11-13-25-47(41)58-54/h1-33H. The Balaban J connectivity index is 1.18. The Morgan fingerprint density at radius 2 is 0.862 bits per heavy atom. The normalized spacial score (nSPS) is 11.8. The van der Waals surface area contributed by atoms with E-state index >= 15 is 0 Å². The fraction of sp³-hybridized carbons (Fsp3) is 0. The maximum Gasteiger partial charge on any atom is 0.145 e. The molecule has 4 nitrogen and oxygen atoms in total. The van der Waals surface area contributed by atoms with Crippen molar-refractivity contribution in [2.45, 2.75) is 0 Å². The van der Waals surface area contributed by atoms with Gasteiger partial charge in [-0.2, -0.15) is 0 Å². The molecule has 58 heavy (non-hydrogen) atoms. The minimum absolute atomic E-state index is 0.825. The molecule has 0 amide bonds. The lowest BCUT2D eigenvalue weighted by molar-refractivity contribution is 0.668. The quantitative estimate of drug-likeness (QED) is 0.170. The van der Waals surface area contributed by atoms with Gasteiger partial charge >= 0.3 is 0 Å². The minimum Gasteiger partial charge on any atom is -0.456 e. The molecule has 0 aliphatic carbocycles. The highest BCUT2D eigenvalue weighted by molar-refractivity contribution is 6.21. The lowest BCUT2D eigenvalue weighted by Crippen LogP contribution is -2.11. The summed E-state index contributed by atoms with van der Waals surface area (Å²) in [5.41, 5.74) is 14.7. The van der Waals surface area contributed by atoms with Gasteiger partial charge in [0.15, 0.2) is 0 Å². The number of hydrogen-bond acceptors (Lipinski definition) is 4. The highest BCUT2D eigenvalue weighted by Gasteiger charge is 2.26. The molecule has 3 heterocycles. The maximum atomic E-state index is 6.81. The fourth-order valence-electron chi connectivity index (χ4n) is 8.87. The van der Waals surface area contributed by atoms with Crippen LogP contribution in [0.4, 0.5) is 17.1 Å². The van der Waals surface area contributed by atoms with Crippen LogP contribution in [0.5, 0.6) is 0 Å². The molecule has 0 saturated carbocycles. The van der Waals surface area contributed by atoms with Gasteiger partial charge in [-0.1, -0.05) is 133 Å². The summed E-state index contributed by atoms with van der Waals surface area (Å²) in [5.74, 6) is 0. The molecule has 0 spiro atoms. The van der Waals surface area contributed by atoms with Crippen molar-refractivity contribution >= 4 is 82.9 Å². The second-order valence-corrected chi connectivity index (χ2v) is 14.8. The first-order valence-corrected chi connectivity index (χ1v) is 19.6. The molecule has 9 aromatic carbocycles. The third kappa shape index (κ3) is 5.02. The summed E-state index contributed by atoms with van der Waals surface area (Å²) in [5, 5.41) is 6.30. The van der Waals surface area contributed by atoms with Crippen molar-refractivity contribution in [1.29, 1.82) is 0 Å². The van der Waals surface area contributed by atoms with Gasteiger partial charge in [0.1, 0.15) is 33.5 Å². The Morgan fingerprint density at radius 3 is 1.60 bits per heavy atom. The number of anilines is 3. The molecule has 0 N–H and O–H groups in total. The Kier molecular flexibility index (Phi) is 7.20. The first-order valence-electron chi connectivity index (χ1n) is 19.6. The Morgan fingerprint density at radius 1 is 0.293 bits per heavy atom. The van der Waals surface area contributed by atoms with Crippen LogP contribution in [0.3, 0.4) is 0 Å². The molecule has 4 heteroatoms. The van der Waals surface area contributed by atoms with Crippen LogP contribution in [0.1, 0.15) is 0 Å². The van der Waals surface area contributed by atoms with Gasteiger partial charge in [0, 0.05) is 32.8 Å². The van der Waals surface area contributed by atoms with Crippen LogP contribution in [-0.2, 0) is 0 Å². The maximum absolute atomic E-state index is 6.81. The topological polar surface area (TPSA) is 42.7 Å². The highest BCUT2D eigenvalue weighted by atomic mass is 16.3. The molecular formula is C54H33NO3. The average molecular weight is 744 g/mol. The molecule has 0 fully saturated rings. The summed E-state index contributed by atoms with van der Waals surface area (Å²) in [6.07, 6.45) is 0. The third-order valence-electron chi connectivity index (χ3n) is 11.5. The van der Waals surface area contributed by atoms with E-state index in [0.29, 0.717) is 0 Å². The molecule has 0 radical (unpaired) electrons. The highest BCUT2D eigenvalue weighted by Crippen LogP contribution is 2.50. The van der Waals surface area contributed by atoms with Crippen LogP contribution in [0.25, 0.3) is 99.2 Å². The van der Waals surface area contributed by atoms with Crippen LogP contribution in [0.2, 0.25) is 0 Å². The van der Waals surface area contributed by atoms with Gasteiger partial charge in [-0.3, -0.25) is 0 Å². The van der Waals surface area contributed by atoms with Crippen molar-refractivity contribution < 1.29 is 13.3 Å².